The number of likely N-dealkylation sites (tertiary alicyclic amines) is 1. The number of amides is 1. The van der Waals surface area contributed by atoms with Crippen molar-refractivity contribution in [1.29, 1.82) is 0 Å². The maximum absolute atomic E-state index is 12.4. The lowest BCUT2D eigenvalue weighted by atomic mass is 10.00. The van der Waals surface area contributed by atoms with E-state index in [-0.39, 0.29) is 17.3 Å². The lowest BCUT2D eigenvalue weighted by Crippen LogP contribution is -2.39. The van der Waals surface area contributed by atoms with Gasteiger partial charge in [0.05, 0.1) is 4.92 Å². The molecule has 1 atom stereocenters. The van der Waals surface area contributed by atoms with Gasteiger partial charge >= 0.3 is 5.69 Å². The Hall–Kier alpha value is -1.92. The molecule has 7 nitrogen and oxygen atoms in total. The summed E-state index contributed by atoms with van der Waals surface area (Å²) in [6.45, 7) is 4.97. The monoisotopic (exact) mass is 266 g/mol. The summed E-state index contributed by atoms with van der Waals surface area (Å²) >= 11 is 0. The third-order valence-electron chi connectivity index (χ3n) is 3.63. The SMILES string of the molecule is Cc1c([N+](=O)[O-])c(C(=O)N2CCC[C@@H](C)C2)nn1C. The average molecular weight is 266 g/mol. The van der Waals surface area contributed by atoms with Crippen LogP contribution in [0.15, 0.2) is 0 Å². The van der Waals surface area contributed by atoms with Gasteiger partial charge in [-0.25, -0.2) is 0 Å². The second-order valence-electron chi connectivity index (χ2n) is 5.16. The normalized spacial score (nSPS) is 19.5. The number of aryl methyl sites for hydroxylation is 1. The van der Waals surface area contributed by atoms with Crippen LogP contribution in [-0.2, 0) is 7.05 Å². The van der Waals surface area contributed by atoms with Crippen LogP contribution >= 0.6 is 0 Å². The number of nitrogens with zero attached hydrogens (tertiary/aromatic N) is 4. The number of piperidine rings is 1. The summed E-state index contributed by atoms with van der Waals surface area (Å²) in [5.74, 6) is 0.100. The van der Waals surface area contributed by atoms with E-state index in [1.165, 1.54) is 4.68 Å². The molecule has 2 heterocycles. The Labute approximate surface area is 111 Å². The fourth-order valence-corrected chi connectivity index (χ4v) is 2.48. The van der Waals surface area contributed by atoms with Crippen LogP contribution in [0.1, 0.15) is 35.9 Å². The Morgan fingerprint density at radius 1 is 1.53 bits per heavy atom. The van der Waals surface area contributed by atoms with Crippen LogP contribution < -0.4 is 0 Å². The molecule has 1 aliphatic rings. The van der Waals surface area contributed by atoms with Crippen molar-refractivity contribution in [2.75, 3.05) is 13.1 Å². The molecule has 0 aliphatic carbocycles. The van der Waals surface area contributed by atoms with Gasteiger partial charge in [-0.2, -0.15) is 5.10 Å². The second kappa shape index (κ2) is 4.99. The van der Waals surface area contributed by atoms with Crippen molar-refractivity contribution in [3.05, 3.63) is 21.5 Å². The first-order valence-electron chi connectivity index (χ1n) is 6.39. The zero-order chi connectivity index (χ0) is 14.2. The quantitative estimate of drug-likeness (QED) is 0.600. The smallest absolute Gasteiger partial charge is 0.322 e. The van der Waals surface area contributed by atoms with Crippen molar-refractivity contribution < 1.29 is 9.72 Å². The van der Waals surface area contributed by atoms with Gasteiger partial charge in [-0.05, 0) is 25.7 Å². The number of hydrogen-bond acceptors (Lipinski definition) is 4. The van der Waals surface area contributed by atoms with Crippen LogP contribution in [0.3, 0.4) is 0 Å². The van der Waals surface area contributed by atoms with E-state index in [0.29, 0.717) is 24.7 Å². The van der Waals surface area contributed by atoms with Gasteiger partial charge in [0, 0.05) is 20.1 Å². The van der Waals surface area contributed by atoms with Crippen molar-refractivity contribution >= 4 is 11.6 Å². The van der Waals surface area contributed by atoms with Crippen molar-refractivity contribution in [2.24, 2.45) is 13.0 Å². The van der Waals surface area contributed by atoms with Crippen LogP contribution in [0, 0.1) is 23.0 Å². The molecule has 1 saturated heterocycles. The molecule has 2 rings (SSSR count). The molecule has 0 N–H and O–H groups in total. The summed E-state index contributed by atoms with van der Waals surface area (Å²) in [4.78, 5) is 24.6. The van der Waals surface area contributed by atoms with E-state index in [1.54, 1.807) is 18.9 Å². The average Bonchev–Trinajstić information content (AvgIpc) is 2.65. The van der Waals surface area contributed by atoms with E-state index in [0.717, 1.165) is 12.8 Å². The summed E-state index contributed by atoms with van der Waals surface area (Å²) < 4.78 is 1.39. The Morgan fingerprint density at radius 2 is 2.21 bits per heavy atom. The Kier molecular flexibility index (Phi) is 3.55. The molecule has 104 valence electrons. The van der Waals surface area contributed by atoms with Gasteiger partial charge in [0.1, 0.15) is 5.69 Å². The maximum Gasteiger partial charge on any atom is 0.322 e. The molecule has 0 spiro atoms. The molecule has 19 heavy (non-hydrogen) atoms. The lowest BCUT2D eigenvalue weighted by Gasteiger charge is -2.30. The first-order chi connectivity index (χ1) is 8.91. The van der Waals surface area contributed by atoms with E-state index in [2.05, 4.69) is 12.0 Å². The number of carbonyl (C=O) groups is 1. The van der Waals surface area contributed by atoms with Gasteiger partial charge in [0.15, 0.2) is 0 Å². The molecule has 1 fully saturated rings. The molecule has 0 unspecified atom stereocenters. The van der Waals surface area contributed by atoms with Crippen LogP contribution in [0.4, 0.5) is 5.69 Å². The Bertz CT molecular complexity index is 523. The summed E-state index contributed by atoms with van der Waals surface area (Å²) in [6.07, 6.45) is 2.03. The Morgan fingerprint density at radius 3 is 2.79 bits per heavy atom. The minimum atomic E-state index is -0.525. The number of carbonyl (C=O) groups excluding carboxylic acids is 1. The number of aromatic nitrogens is 2. The molecule has 1 amide bonds. The van der Waals surface area contributed by atoms with Gasteiger partial charge in [-0.1, -0.05) is 6.92 Å². The third kappa shape index (κ3) is 2.45. The summed E-state index contributed by atoms with van der Waals surface area (Å²) in [5, 5.41) is 15.1. The van der Waals surface area contributed by atoms with E-state index >= 15 is 0 Å². The van der Waals surface area contributed by atoms with E-state index in [4.69, 9.17) is 0 Å². The molecule has 0 radical (unpaired) electrons. The fourth-order valence-electron chi connectivity index (χ4n) is 2.48. The van der Waals surface area contributed by atoms with Gasteiger partial charge in [-0.15, -0.1) is 0 Å². The van der Waals surface area contributed by atoms with Crippen LogP contribution in [-0.4, -0.2) is 38.6 Å². The summed E-state index contributed by atoms with van der Waals surface area (Å²) in [5.41, 5.74) is 0.184. The number of hydrogen-bond donors (Lipinski definition) is 0. The van der Waals surface area contributed by atoms with Crippen molar-refractivity contribution in [3.8, 4) is 0 Å². The molecule has 0 bridgehead atoms. The van der Waals surface area contributed by atoms with E-state index in [9.17, 15) is 14.9 Å². The molecule has 1 aromatic heterocycles. The molecular formula is C12H18N4O3. The molecule has 1 aliphatic heterocycles. The highest BCUT2D eigenvalue weighted by Gasteiger charge is 2.33. The largest absolute Gasteiger partial charge is 0.337 e. The van der Waals surface area contributed by atoms with Crippen LogP contribution in [0.5, 0.6) is 0 Å². The first-order valence-corrected chi connectivity index (χ1v) is 6.39. The van der Waals surface area contributed by atoms with E-state index < -0.39 is 4.92 Å². The topological polar surface area (TPSA) is 81.3 Å². The molecule has 0 saturated carbocycles. The minimum Gasteiger partial charge on any atom is -0.337 e. The van der Waals surface area contributed by atoms with Gasteiger partial charge in [0.2, 0.25) is 5.69 Å². The van der Waals surface area contributed by atoms with Crippen molar-refractivity contribution in [2.45, 2.75) is 26.7 Å². The molecular weight excluding hydrogens is 248 g/mol. The lowest BCUT2D eigenvalue weighted by molar-refractivity contribution is -0.385. The molecule has 7 heteroatoms. The zero-order valence-electron chi connectivity index (χ0n) is 11.4. The fraction of sp³-hybridized carbons (Fsp3) is 0.667. The van der Waals surface area contributed by atoms with Gasteiger partial charge in [0.25, 0.3) is 5.91 Å². The van der Waals surface area contributed by atoms with Gasteiger partial charge < -0.3 is 4.90 Å². The van der Waals surface area contributed by atoms with Crippen LogP contribution in [0.2, 0.25) is 0 Å². The second-order valence-corrected chi connectivity index (χ2v) is 5.16. The Balaban J connectivity index is 2.33. The highest BCUT2D eigenvalue weighted by molar-refractivity contribution is 5.96. The summed E-state index contributed by atoms with van der Waals surface area (Å²) in [6, 6.07) is 0. The predicted octanol–water partition coefficient (Wildman–Crippen LogP) is 1.51. The van der Waals surface area contributed by atoms with Crippen molar-refractivity contribution in [1.82, 2.24) is 14.7 Å². The number of rotatable bonds is 2. The van der Waals surface area contributed by atoms with E-state index in [1.807, 2.05) is 0 Å². The van der Waals surface area contributed by atoms with Crippen LogP contribution in [0.25, 0.3) is 0 Å². The zero-order valence-corrected chi connectivity index (χ0v) is 11.4. The standard InChI is InChI=1S/C12H18N4O3/c1-8-5-4-6-15(7-8)12(17)10-11(16(18)19)9(2)14(3)13-10/h8H,4-7H2,1-3H3/t8-/m1/s1. The molecule has 0 aromatic carbocycles. The van der Waals surface area contributed by atoms with Crippen molar-refractivity contribution in [3.63, 3.8) is 0 Å². The maximum atomic E-state index is 12.4. The third-order valence-corrected chi connectivity index (χ3v) is 3.63. The molecule has 1 aromatic rings. The number of nitro groups is 1. The highest BCUT2D eigenvalue weighted by Crippen LogP contribution is 2.25. The van der Waals surface area contributed by atoms with Gasteiger partial charge in [-0.3, -0.25) is 19.6 Å². The predicted molar refractivity (Wildman–Crippen MR) is 68.9 cm³/mol. The summed E-state index contributed by atoms with van der Waals surface area (Å²) in [7, 11) is 1.61. The first kappa shape index (κ1) is 13.5. The minimum absolute atomic E-state index is 0.0425. The highest BCUT2D eigenvalue weighted by atomic mass is 16.6.